The first kappa shape index (κ1) is 21.4. The Kier molecular flexibility index (Phi) is 6.31. The largest absolute Gasteiger partial charge is 0.365 e. The van der Waals surface area contributed by atoms with Crippen LogP contribution in [0, 0.1) is 0 Å². The van der Waals surface area contributed by atoms with Gasteiger partial charge in [0.25, 0.3) is 0 Å². The minimum absolute atomic E-state index is 0.0270. The second-order valence-corrected chi connectivity index (χ2v) is 10.2. The number of benzene rings is 2. The van der Waals surface area contributed by atoms with Gasteiger partial charge in [-0.1, -0.05) is 54.6 Å². The van der Waals surface area contributed by atoms with Crippen LogP contribution in [0.2, 0.25) is 0 Å². The lowest BCUT2D eigenvalue weighted by Gasteiger charge is -2.11. The molecule has 0 radical (unpaired) electrons. The van der Waals surface area contributed by atoms with E-state index in [0.717, 1.165) is 38.3 Å². The van der Waals surface area contributed by atoms with Crippen molar-refractivity contribution < 1.29 is 8.42 Å². The van der Waals surface area contributed by atoms with Crippen molar-refractivity contribution in [2.75, 3.05) is 5.32 Å². The smallest absolute Gasteiger partial charge is 0.216 e. The summed E-state index contributed by atoms with van der Waals surface area (Å²) in [6.07, 6.45) is 1.58. The number of fused-ring (bicyclic) bond motifs is 1. The minimum Gasteiger partial charge on any atom is -0.365 e. The fourth-order valence-electron chi connectivity index (χ4n) is 3.40. The zero-order valence-corrected chi connectivity index (χ0v) is 19.0. The van der Waals surface area contributed by atoms with Crippen LogP contribution >= 0.6 is 11.3 Å². The van der Waals surface area contributed by atoms with Crippen LogP contribution in [0.5, 0.6) is 0 Å². The molecule has 0 aliphatic heterocycles. The summed E-state index contributed by atoms with van der Waals surface area (Å²) in [4.78, 5) is 9.82. The molecule has 2 aromatic carbocycles. The van der Waals surface area contributed by atoms with Crippen molar-refractivity contribution in [3.05, 3.63) is 77.4 Å². The van der Waals surface area contributed by atoms with E-state index in [0.29, 0.717) is 6.54 Å². The summed E-state index contributed by atoms with van der Waals surface area (Å²) in [6, 6.07) is 17.7. The van der Waals surface area contributed by atoms with E-state index in [2.05, 4.69) is 37.5 Å². The molecule has 31 heavy (non-hydrogen) atoms. The van der Waals surface area contributed by atoms with Crippen LogP contribution in [0.25, 0.3) is 21.3 Å². The van der Waals surface area contributed by atoms with Gasteiger partial charge in [-0.15, -0.1) is 11.3 Å². The molecular formula is C23H24N4O2S2. The summed E-state index contributed by atoms with van der Waals surface area (Å²) in [7, 11) is -3.33. The highest BCUT2D eigenvalue weighted by Crippen LogP contribution is 2.36. The third-order valence-electron chi connectivity index (χ3n) is 4.71. The number of aromatic nitrogens is 2. The zero-order chi connectivity index (χ0) is 21.8. The predicted molar refractivity (Wildman–Crippen MR) is 128 cm³/mol. The SMILES string of the molecule is CC(C)NS(=O)(=O)Cc1ccc(CNc2ncnc3scc(-c4ccccc4)c23)cc1. The Morgan fingerprint density at radius 3 is 2.39 bits per heavy atom. The lowest BCUT2D eigenvalue weighted by atomic mass is 10.1. The molecule has 0 saturated carbocycles. The van der Waals surface area contributed by atoms with Crippen LogP contribution in [0.4, 0.5) is 5.82 Å². The number of nitrogens with zero attached hydrogens (tertiary/aromatic N) is 2. The minimum atomic E-state index is -3.33. The topological polar surface area (TPSA) is 84.0 Å². The standard InChI is InChI=1S/C23H24N4O2S2/c1-16(2)27-31(28,29)14-18-10-8-17(9-11-18)12-24-22-21-20(19-6-4-3-5-7-19)13-30-23(21)26-15-25-22/h3-11,13,15-16,27H,12,14H2,1-2H3,(H,24,25,26). The second kappa shape index (κ2) is 9.13. The van der Waals surface area contributed by atoms with E-state index in [1.807, 2.05) is 56.3 Å². The molecule has 6 nitrogen and oxygen atoms in total. The van der Waals surface area contributed by atoms with Gasteiger partial charge in [0.1, 0.15) is 17.0 Å². The lowest BCUT2D eigenvalue weighted by Crippen LogP contribution is -2.31. The van der Waals surface area contributed by atoms with E-state index >= 15 is 0 Å². The Bertz CT molecular complexity index is 1270. The van der Waals surface area contributed by atoms with Gasteiger partial charge in [0, 0.05) is 23.5 Å². The number of rotatable bonds is 8. The van der Waals surface area contributed by atoms with Crippen molar-refractivity contribution >= 4 is 37.4 Å². The Morgan fingerprint density at radius 1 is 0.968 bits per heavy atom. The maximum atomic E-state index is 12.1. The van der Waals surface area contributed by atoms with Crippen LogP contribution in [0.3, 0.4) is 0 Å². The molecule has 0 aliphatic carbocycles. The molecule has 4 rings (SSSR count). The van der Waals surface area contributed by atoms with E-state index in [4.69, 9.17) is 0 Å². The van der Waals surface area contributed by atoms with Crippen LogP contribution < -0.4 is 10.0 Å². The van der Waals surface area contributed by atoms with Gasteiger partial charge in [-0.3, -0.25) is 0 Å². The third kappa shape index (κ3) is 5.28. The maximum absolute atomic E-state index is 12.1. The summed E-state index contributed by atoms with van der Waals surface area (Å²) in [5, 5.41) is 6.55. The van der Waals surface area contributed by atoms with Crippen LogP contribution in [0.1, 0.15) is 25.0 Å². The average molecular weight is 453 g/mol. The van der Waals surface area contributed by atoms with Gasteiger partial charge in [0.2, 0.25) is 10.0 Å². The number of thiophene rings is 1. The highest BCUT2D eigenvalue weighted by molar-refractivity contribution is 7.88. The summed E-state index contributed by atoms with van der Waals surface area (Å²) in [5.74, 6) is 0.763. The van der Waals surface area contributed by atoms with Crippen molar-refractivity contribution in [2.24, 2.45) is 0 Å². The van der Waals surface area contributed by atoms with Crippen LogP contribution in [0.15, 0.2) is 66.3 Å². The van der Waals surface area contributed by atoms with Gasteiger partial charge in [-0.05, 0) is 30.5 Å². The molecule has 8 heteroatoms. The van der Waals surface area contributed by atoms with E-state index < -0.39 is 10.0 Å². The molecule has 0 aliphatic rings. The summed E-state index contributed by atoms with van der Waals surface area (Å²) in [6.45, 7) is 4.20. The zero-order valence-electron chi connectivity index (χ0n) is 17.4. The number of nitrogens with one attached hydrogen (secondary N) is 2. The monoisotopic (exact) mass is 452 g/mol. The first-order valence-corrected chi connectivity index (χ1v) is 12.5. The van der Waals surface area contributed by atoms with Crippen molar-refractivity contribution in [1.82, 2.24) is 14.7 Å². The fraction of sp³-hybridized carbons (Fsp3) is 0.217. The molecule has 0 fully saturated rings. The number of hydrogen-bond donors (Lipinski definition) is 2. The lowest BCUT2D eigenvalue weighted by molar-refractivity contribution is 0.569. The van der Waals surface area contributed by atoms with E-state index in [9.17, 15) is 8.42 Å². The van der Waals surface area contributed by atoms with Gasteiger partial charge >= 0.3 is 0 Å². The normalized spacial score (nSPS) is 11.8. The molecule has 4 aromatic rings. The molecule has 0 atom stereocenters. The molecule has 2 N–H and O–H groups in total. The van der Waals surface area contributed by atoms with Crippen LogP contribution in [-0.4, -0.2) is 24.4 Å². The number of anilines is 1. The van der Waals surface area contributed by atoms with E-state index in [1.165, 1.54) is 0 Å². The Balaban J connectivity index is 1.50. The highest BCUT2D eigenvalue weighted by Gasteiger charge is 2.14. The molecule has 2 aromatic heterocycles. The fourth-order valence-corrected chi connectivity index (χ4v) is 5.75. The highest BCUT2D eigenvalue weighted by atomic mass is 32.2. The Morgan fingerprint density at radius 2 is 1.68 bits per heavy atom. The molecule has 0 saturated heterocycles. The Hall–Kier alpha value is -2.81. The summed E-state index contributed by atoms with van der Waals surface area (Å²) < 4.78 is 26.8. The van der Waals surface area contributed by atoms with Crippen molar-refractivity contribution in [3.63, 3.8) is 0 Å². The molecule has 160 valence electrons. The average Bonchev–Trinajstić information content (AvgIpc) is 3.17. The first-order valence-electron chi connectivity index (χ1n) is 10.0. The van der Waals surface area contributed by atoms with Gasteiger partial charge in [-0.2, -0.15) is 0 Å². The van der Waals surface area contributed by atoms with E-state index in [1.54, 1.807) is 17.7 Å². The van der Waals surface area contributed by atoms with Crippen molar-refractivity contribution in [3.8, 4) is 11.1 Å². The third-order valence-corrected chi connectivity index (χ3v) is 7.14. The molecule has 2 heterocycles. The van der Waals surface area contributed by atoms with Crippen molar-refractivity contribution in [1.29, 1.82) is 0 Å². The van der Waals surface area contributed by atoms with Gasteiger partial charge in [0.05, 0.1) is 11.1 Å². The Labute approximate surface area is 186 Å². The van der Waals surface area contributed by atoms with Crippen LogP contribution in [-0.2, 0) is 22.3 Å². The van der Waals surface area contributed by atoms with Crippen molar-refractivity contribution in [2.45, 2.75) is 32.2 Å². The summed E-state index contributed by atoms with van der Waals surface area (Å²) in [5.41, 5.74) is 4.04. The van der Waals surface area contributed by atoms with Gasteiger partial charge < -0.3 is 5.32 Å². The molecular weight excluding hydrogens is 428 g/mol. The molecule has 0 amide bonds. The quantitative estimate of drug-likeness (QED) is 0.401. The first-order chi connectivity index (χ1) is 14.9. The van der Waals surface area contributed by atoms with Gasteiger partial charge in [-0.25, -0.2) is 23.1 Å². The second-order valence-electron chi connectivity index (χ2n) is 7.62. The number of sulfonamides is 1. The molecule has 0 spiro atoms. The predicted octanol–water partition coefficient (Wildman–Crippen LogP) is 4.80. The number of hydrogen-bond acceptors (Lipinski definition) is 6. The molecule has 0 bridgehead atoms. The van der Waals surface area contributed by atoms with E-state index in [-0.39, 0.29) is 11.8 Å². The maximum Gasteiger partial charge on any atom is 0.216 e. The summed E-state index contributed by atoms with van der Waals surface area (Å²) >= 11 is 1.60. The van der Waals surface area contributed by atoms with Gasteiger partial charge in [0.15, 0.2) is 0 Å². The molecule has 0 unspecified atom stereocenters.